The summed E-state index contributed by atoms with van der Waals surface area (Å²) in [5.41, 5.74) is 0. The summed E-state index contributed by atoms with van der Waals surface area (Å²) < 4.78 is 10.9. The van der Waals surface area contributed by atoms with E-state index in [1.54, 1.807) is 18.3 Å². The first kappa shape index (κ1) is 17.0. The highest BCUT2D eigenvalue weighted by Gasteiger charge is 2.27. The van der Waals surface area contributed by atoms with Crippen molar-refractivity contribution in [3.05, 3.63) is 47.1 Å². The van der Waals surface area contributed by atoms with Crippen LogP contribution in [0.1, 0.15) is 42.7 Å². The van der Waals surface area contributed by atoms with Crippen LogP contribution in [0.5, 0.6) is 0 Å². The summed E-state index contributed by atoms with van der Waals surface area (Å²) in [6.07, 6.45) is 3.03. The highest BCUT2D eigenvalue weighted by Crippen LogP contribution is 2.28. The number of aromatic nitrogens is 2. The molecule has 7 heteroatoms. The Balaban J connectivity index is 1.33. The van der Waals surface area contributed by atoms with Crippen LogP contribution >= 0.6 is 11.3 Å². The van der Waals surface area contributed by atoms with Gasteiger partial charge in [-0.3, -0.25) is 4.79 Å². The fourth-order valence-corrected chi connectivity index (χ4v) is 4.03. The fourth-order valence-electron chi connectivity index (χ4n) is 3.35. The number of thiophene rings is 1. The summed E-state index contributed by atoms with van der Waals surface area (Å²) in [6, 6.07) is 7.97. The second-order valence-electron chi connectivity index (χ2n) is 6.59. The Morgan fingerprint density at radius 3 is 3.08 bits per heavy atom. The Kier molecular flexibility index (Phi) is 4.88. The zero-order valence-corrected chi connectivity index (χ0v) is 15.5. The largest absolute Gasteiger partial charge is 0.460 e. The number of nitrogens with zero attached hydrogens (tertiary/aromatic N) is 3. The number of hydrogen-bond acceptors (Lipinski definition) is 6. The first-order valence-electron chi connectivity index (χ1n) is 8.89. The van der Waals surface area contributed by atoms with Gasteiger partial charge in [0.15, 0.2) is 5.82 Å². The third-order valence-corrected chi connectivity index (χ3v) is 5.58. The lowest BCUT2D eigenvalue weighted by atomic mass is 9.97. The lowest BCUT2D eigenvalue weighted by molar-refractivity contribution is -0.132. The van der Waals surface area contributed by atoms with Crippen LogP contribution in [0, 0.1) is 6.92 Å². The second-order valence-corrected chi connectivity index (χ2v) is 7.54. The van der Waals surface area contributed by atoms with Crippen molar-refractivity contribution in [3.8, 4) is 10.6 Å². The van der Waals surface area contributed by atoms with E-state index in [9.17, 15) is 4.79 Å². The number of hydrogen-bond donors (Lipinski definition) is 0. The van der Waals surface area contributed by atoms with Crippen molar-refractivity contribution in [1.82, 2.24) is 15.0 Å². The first-order chi connectivity index (χ1) is 12.7. The number of rotatable bonds is 5. The minimum absolute atomic E-state index is 0.156. The summed E-state index contributed by atoms with van der Waals surface area (Å²) >= 11 is 1.65. The number of carbonyl (C=O) groups is 1. The van der Waals surface area contributed by atoms with Gasteiger partial charge in [-0.25, -0.2) is 0 Å². The summed E-state index contributed by atoms with van der Waals surface area (Å²) in [5.74, 6) is 3.33. The number of carbonyl (C=O) groups excluding carboxylic acids is 1. The summed E-state index contributed by atoms with van der Waals surface area (Å²) in [5, 5.41) is 6.04. The quantitative estimate of drug-likeness (QED) is 0.677. The molecule has 4 heterocycles. The molecule has 1 unspecified atom stereocenters. The molecule has 1 aliphatic rings. The third kappa shape index (κ3) is 3.72. The Morgan fingerprint density at radius 1 is 1.38 bits per heavy atom. The van der Waals surface area contributed by atoms with E-state index >= 15 is 0 Å². The molecule has 6 nitrogen and oxygen atoms in total. The summed E-state index contributed by atoms with van der Waals surface area (Å²) in [6.45, 7) is 3.25. The van der Waals surface area contributed by atoms with Crippen LogP contribution < -0.4 is 0 Å². The van der Waals surface area contributed by atoms with Crippen LogP contribution in [0.2, 0.25) is 0 Å². The van der Waals surface area contributed by atoms with Gasteiger partial charge in [0.05, 0.1) is 4.88 Å². The number of piperidine rings is 1. The van der Waals surface area contributed by atoms with Crippen LogP contribution in [-0.2, 0) is 11.2 Å². The zero-order valence-electron chi connectivity index (χ0n) is 14.7. The minimum atomic E-state index is 0.156. The predicted octanol–water partition coefficient (Wildman–Crippen LogP) is 4.04. The van der Waals surface area contributed by atoms with E-state index in [2.05, 4.69) is 10.1 Å². The first-order valence-corrected chi connectivity index (χ1v) is 9.77. The number of amides is 1. The number of likely N-dealkylation sites (tertiary alicyclic amines) is 1. The van der Waals surface area contributed by atoms with Gasteiger partial charge in [-0.2, -0.15) is 4.98 Å². The molecule has 1 fully saturated rings. The van der Waals surface area contributed by atoms with Gasteiger partial charge in [-0.15, -0.1) is 11.3 Å². The maximum Gasteiger partial charge on any atom is 0.223 e. The Bertz CT molecular complexity index is 868. The highest BCUT2D eigenvalue weighted by atomic mass is 32.1. The Morgan fingerprint density at radius 2 is 2.31 bits per heavy atom. The number of aryl methyl sites for hydroxylation is 2. The van der Waals surface area contributed by atoms with Gasteiger partial charge in [0.1, 0.15) is 11.5 Å². The molecule has 1 amide bonds. The molecule has 1 saturated heterocycles. The number of furan rings is 1. The maximum absolute atomic E-state index is 12.6. The van der Waals surface area contributed by atoms with Crippen LogP contribution in [-0.4, -0.2) is 34.0 Å². The molecule has 0 spiro atoms. The summed E-state index contributed by atoms with van der Waals surface area (Å²) in [4.78, 5) is 20.0. The molecule has 136 valence electrons. The monoisotopic (exact) mass is 371 g/mol. The van der Waals surface area contributed by atoms with Crippen molar-refractivity contribution in [2.24, 2.45) is 0 Å². The molecule has 0 N–H and O–H groups in total. The van der Waals surface area contributed by atoms with Crippen molar-refractivity contribution in [2.75, 3.05) is 13.1 Å². The molecule has 3 aromatic heterocycles. The average molecular weight is 371 g/mol. The molecule has 26 heavy (non-hydrogen) atoms. The van der Waals surface area contributed by atoms with Crippen LogP contribution in [0.15, 0.2) is 38.6 Å². The molecule has 1 atom stereocenters. The molecule has 4 rings (SSSR count). The topological polar surface area (TPSA) is 72.4 Å². The molecule has 1 aliphatic heterocycles. The van der Waals surface area contributed by atoms with E-state index < -0.39 is 0 Å². The van der Waals surface area contributed by atoms with E-state index in [4.69, 9.17) is 8.94 Å². The van der Waals surface area contributed by atoms with E-state index in [1.165, 1.54) is 0 Å². The van der Waals surface area contributed by atoms with Crippen LogP contribution in [0.3, 0.4) is 0 Å². The molecular formula is C19H21N3O3S. The van der Waals surface area contributed by atoms with Gasteiger partial charge in [-0.05, 0) is 36.4 Å². The second kappa shape index (κ2) is 7.45. The molecule has 0 bridgehead atoms. The average Bonchev–Trinajstić information content (AvgIpc) is 3.40. The van der Waals surface area contributed by atoms with E-state index in [0.29, 0.717) is 31.1 Å². The molecule has 0 aromatic carbocycles. The molecule has 3 aromatic rings. The molecule has 0 aliphatic carbocycles. The van der Waals surface area contributed by atoms with Crippen molar-refractivity contribution in [1.29, 1.82) is 0 Å². The standard InChI is InChI=1S/C19H21N3O3S/c1-13-20-19(21-25-13)14-4-2-10-22(12-14)18(23)9-7-15-6-8-16(24-15)17-5-3-11-26-17/h3,5-6,8,11,14H,2,4,7,9-10,12H2,1H3. The normalized spacial score (nSPS) is 17.6. The van der Waals surface area contributed by atoms with Crippen LogP contribution in [0.25, 0.3) is 10.6 Å². The van der Waals surface area contributed by atoms with Gasteiger partial charge in [0, 0.05) is 38.8 Å². The van der Waals surface area contributed by atoms with Gasteiger partial charge in [0.25, 0.3) is 0 Å². The molecule has 0 radical (unpaired) electrons. The van der Waals surface area contributed by atoms with Crippen molar-refractivity contribution in [2.45, 2.75) is 38.5 Å². The highest BCUT2D eigenvalue weighted by molar-refractivity contribution is 7.13. The van der Waals surface area contributed by atoms with Crippen molar-refractivity contribution in [3.63, 3.8) is 0 Å². The Hall–Kier alpha value is -2.41. The van der Waals surface area contributed by atoms with Gasteiger partial charge < -0.3 is 13.8 Å². The van der Waals surface area contributed by atoms with E-state index in [1.807, 2.05) is 34.5 Å². The lowest BCUT2D eigenvalue weighted by Gasteiger charge is -2.31. The lowest BCUT2D eigenvalue weighted by Crippen LogP contribution is -2.39. The summed E-state index contributed by atoms with van der Waals surface area (Å²) in [7, 11) is 0. The van der Waals surface area contributed by atoms with Crippen molar-refractivity contribution >= 4 is 17.2 Å². The van der Waals surface area contributed by atoms with Gasteiger partial charge >= 0.3 is 0 Å². The molecular weight excluding hydrogens is 350 g/mol. The van der Waals surface area contributed by atoms with Gasteiger partial charge in [-0.1, -0.05) is 11.2 Å². The predicted molar refractivity (Wildman–Crippen MR) is 97.9 cm³/mol. The smallest absolute Gasteiger partial charge is 0.223 e. The molecule has 0 saturated carbocycles. The maximum atomic E-state index is 12.6. The van der Waals surface area contributed by atoms with Crippen LogP contribution in [0.4, 0.5) is 0 Å². The van der Waals surface area contributed by atoms with E-state index in [0.717, 1.165) is 35.8 Å². The van der Waals surface area contributed by atoms with Gasteiger partial charge in [0.2, 0.25) is 11.8 Å². The van der Waals surface area contributed by atoms with E-state index in [-0.39, 0.29) is 11.8 Å². The fraction of sp³-hybridized carbons (Fsp3) is 0.421. The zero-order chi connectivity index (χ0) is 17.9. The third-order valence-electron chi connectivity index (χ3n) is 4.69. The van der Waals surface area contributed by atoms with Crippen molar-refractivity contribution < 1.29 is 13.7 Å². The Labute approximate surface area is 155 Å². The minimum Gasteiger partial charge on any atom is -0.460 e. The SMILES string of the molecule is Cc1nc(C2CCCN(C(=O)CCc3ccc(-c4cccs4)o3)C2)no1.